The molecule has 2 fully saturated rings. The number of aryl methyl sites for hydroxylation is 2. The van der Waals surface area contributed by atoms with Crippen molar-refractivity contribution < 1.29 is 9.59 Å². The number of nitrogens with zero attached hydrogens (tertiary/aromatic N) is 4. The number of nitrogens with one attached hydrogen (secondary N) is 3. The number of pyridine rings is 1. The van der Waals surface area contributed by atoms with Gasteiger partial charge < -0.3 is 10.6 Å². The first-order chi connectivity index (χ1) is 17.0. The third-order valence-corrected chi connectivity index (χ3v) is 6.95. The van der Waals surface area contributed by atoms with Gasteiger partial charge in [-0.2, -0.15) is 10.2 Å². The molecule has 0 saturated heterocycles. The number of hydrogen-bond donors (Lipinski definition) is 3. The van der Waals surface area contributed by atoms with E-state index in [2.05, 4.69) is 37.5 Å². The van der Waals surface area contributed by atoms with Crippen LogP contribution in [0.25, 0.3) is 11.3 Å². The van der Waals surface area contributed by atoms with Crippen LogP contribution in [0.1, 0.15) is 47.6 Å². The van der Waals surface area contributed by atoms with Crippen LogP contribution in [0.3, 0.4) is 0 Å². The molecule has 5 rings (SSSR count). The third-order valence-electron chi connectivity index (χ3n) is 6.95. The lowest BCUT2D eigenvalue weighted by Crippen LogP contribution is -2.50. The molecule has 3 aromatic heterocycles. The molecule has 3 heterocycles. The Hall–Kier alpha value is -3.75. The first-order valence-corrected chi connectivity index (χ1v) is 12.2. The molecular formula is C26H31N7O2. The Bertz CT molecular complexity index is 1200. The first kappa shape index (κ1) is 23.0. The van der Waals surface area contributed by atoms with Crippen molar-refractivity contribution in [3.63, 3.8) is 0 Å². The predicted molar refractivity (Wildman–Crippen MR) is 133 cm³/mol. The molecule has 0 unspecified atom stereocenters. The number of amides is 2. The molecule has 3 aromatic rings. The van der Waals surface area contributed by atoms with Crippen molar-refractivity contribution in [3.8, 4) is 11.3 Å². The number of carbonyl (C=O) groups is 2. The summed E-state index contributed by atoms with van der Waals surface area (Å²) in [6, 6.07) is 4.77. The van der Waals surface area contributed by atoms with Crippen molar-refractivity contribution >= 4 is 17.5 Å². The molecule has 0 bridgehead atoms. The first-order valence-electron chi connectivity index (χ1n) is 12.2. The molecule has 0 radical (unpaired) electrons. The van der Waals surface area contributed by atoms with Gasteiger partial charge in [-0.1, -0.05) is 6.08 Å². The van der Waals surface area contributed by atoms with E-state index < -0.39 is 6.04 Å². The molecule has 0 aromatic carbocycles. The quantitative estimate of drug-likeness (QED) is 0.389. The highest BCUT2D eigenvalue weighted by atomic mass is 16.2. The second-order valence-electron chi connectivity index (χ2n) is 9.62. The molecule has 2 amide bonds. The fraction of sp³-hybridized carbons (Fsp3) is 0.423. The standard InChI is InChI=1S/C26H31N7O2/c1-4-13-33-21(11-12-28-33)25(34)30-24(23(17-5-6-17)18-7-8-18)26(35)29-19-9-10-20(27-14-19)22-15(2)31-32-16(22)3/h4,9-12,14,17-18,23-24H,1,5-8,13H2,2-3H3,(H,29,35)(H,30,34)(H,31,32)/t24-/m0/s1. The van der Waals surface area contributed by atoms with E-state index in [0.29, 0.717) is 29.8 Å². The van der Waals surface area contributed by atoms with Crippen LogP contribution in [-0.2, 0) is 11.3 Å². The smallest absolute Gasteiger partial charge is 0.270 e. The van der Waals surface area contributed by atoms with Crippen LogP contribution >= 0.6 is 0 Å². The molecule has 0 aliphatic heterocycles. The van der Waals surface area contributed by atoms with E-state index in [1.165, 1.54) is 0 Å². The maximum absolute atomic E-state index is 13.5. The molecule has 2 saturated carbocycles. The summed E-state index contributed by atoms with van der Waals surface area (Å²) in [7, 11) is 0. The summed E-state index contributed by atoms with van der Waals surface area (Å²) in [4.78, 5) is 31.3. The van der Waals surface area contributed by atoms with Gasteiger partial charge in [0.2, 0.25) is 5.91 Å². The van der Waals surface area contributed by atoms with Gasteiger partial charge in [0.25, 0.3) is 5.91 Å². The Labute approximate surface area is 204 Å². The second kappa shape index (κ2) is 9.48. The Morgan fingerprint density at radius 3 is 2.51 bits per heavy atom. The summed E-state index contributed by atoms with van der Waals surface area (Å²) in [6.45, 7) is 8.04. The van der Waals surface area contributed by atoms with Crippen LogP contribution in [0.2, 0.25) is 0 Å². The monoisotopic (exact) mass is 473 g/mol. The van der Waals surface area contributed by atoms with E-state index in [-0.39, 0.29) is 17.7 Å². The van der Waals surface area contributed by atoms with Gasteiger partial charge in [-0.05, 0) is 75.5 Å². The minimum Gasteiger partial charge on any atom is -0.339 e. The minimum absolute atomic E-state index is 0.137. The van der Waals surface area contributed by atoms with Crippen molar-refractivity contribution in [2.45, 2.75) is 52.1 Å². The normalized spacial score (nSPS) is 16.2. The predicted octanol–water partition coefficient (Wildman–Crippen LogP) is 3.64. The molecule has 9 nitrogen and oxygen atoms in total. The van der Waals surface area contributed by atoms with Gasteiger partial charge in [0.15, 0.2) is 0 Å². The molecular weight excluding hydrogens is 442 g/mol. The summed E-state index contributed by atoms with van der Waals surface area (Å²) in [5, 5.41) is 17.5. The van der Waals surface area contributed by atoms with Crippen molar-refractivity contribution in [3.05, 3.63) is 60.3 Å². The fourth-order valence-electron chi connectivity index (χ4n) is 5.00. The lowest BCUT2D eigenvalue weighted by atomic mass is 9.88. The molecule has 35 heavy (non-hydrogen) atoms. The molecule has 2 aliphatic carbocycles. The summed E-state index contributed by atoms with van der Waals surface area (Å²) < 4.78 is 1.59. The SMILES string of the molecule is C=CCn1nccc1C(=O)N[C@H](C(=O)Nc1ccc(-c2c(C)n[nH]c2C)nc1)C(C1CC1)C1CC1. The lowest BCUT2D eigenvalue weighted by molar-refractivity contribution is -0.119. The number of aromatic nitrogens is 5. The maximum Gasteiger partial charge on any atom is 0.270 e. The molecule has 2 aliphatic rings. The van der Waals surface area contributed by atoms with Crippen molar-refractivity contribution in [2.75, 3.05) is 5.32 Å². The number of H-pyrrole nitrogens is 1. The van der Waals surface area contributed by atoms with Crippen LogP contribution < -0.4 is 10.6 Å². The average molecular weight is 474 g/mol. The molecule has 0 spiro atoms. The topological polar surface area (TPSA) is 118 Å². The number of allylic oxidation sites excluding steroid dienone is 1. The van der Waals surface area contributed by atoms with Gasteiger partial charge in [-0.3, -0.25) is 24.4 Å². The third kappa shape index (κ3) is 4.89. The zero-order chi connectivity index (χ0) is 24.5. The maximum atomic E-state index is 13.5. The summed E-state index contributed by atoms with van der Waals surface area (Å²) in [6.07, 6.45) is 9.35. The van der Waals surface area contributed by atoms with Gasteiger partial charge in [0, 0.05) is 17.5 Å². The van der Waals surface area contributed by atoms with Gasteiger partial charge in [-0.15, -0.1) is 6.58 Å². The molecule has 3 N–H and O–H groups in total. The van der Waals surface area contributed by atoms with Crippen LogP contribution in [-0.4, -0.2) is 42.8 Å². The minimum atomic E-state index is -0.618. The highest BCUT2D eigenvalue weighted by Crippen LogP contribution is 2.51. The highest BCUT2D eigenvalue weighted by molar-refractivity contribution is 6.00. The lowest BCUT2D eigenvalue weighted by Gasteiger charge is -2.27. The van der Waals surface area contributed by atoms with Gasteiger partial charge in [0.05, 0.1) is 29.8 Å². The fourth-order valence-corrected chi connectivity index (χ4v) is 5.00. The Balaban J connectivity index is 1.35. The zero-order valence-corrected chi connectivity index (χ0v) is 20.1. The number of aromatic amines is 1. The van der Waals surface area contributed by atoms with Crippen LogP contribution in [0.5, 0.6) is 0 Å². The van der Waals surface area contributed by atoms with Crippen molar-refractivity contribution in [1.29, 1.82) is 0 Å². The number of hydrogen-bond acceptors (Lipinski definition) is 5. The van der Waals surface area contributed by atoms with Crippen LogP contribution in [0.4, 0.5) is 5.69 Å². The van der Waals surface area contributed by atoms with Crippen molar-refractivity contribution in [1.82, 2.24) is 30.3 Å². The van der Waals surface area contributed by atoms with Gasteiger partial charge in [-0.25, -0.2) is 0 Å². The van der Waals surface area contributed by atoms with E-state index in [0.717, 1.165) is 48.3 Å². The summed E-state index contributed by atoms with van der Waals surface area (Å²) >= 11 is 0. The van der Waals surface area contributed by atoms with Crippen molar-refractivity contribution in [2.24, 2.45) is 17.8 Å². The van der Waals surface area contributed by atoms with E-state index in [4.69, 9.17) is 0 Å². The Kier molecular flexibility index (Phi) is 6.23. The number of carbonyl (C=O) groups excluding carboxylic acids is 2. The average Bonchev–Trinajstić information content (AvgIpc) is 3.77. The zero-order valence-electron chi connectivity index (χ0n) is 20.1. The van der Waals surface area contributed by atoms with E-state index in [9.17, 15) is 9.59 Å². The summed E-state index contributed by atoms with van der Waals surface area (Å²) in [5.74, 6) is 0.587. The number of rotatable bonds is 10. The van der Waals surface area contributed by atoms with E-state index in [1.54, 1.807) is 29.2 Å². The van der Waals surface area contributed by atoms with E-state index >= 15 is 0 Å². The Morgan fingerprint density at radius 1 is 1.20 bits per heavy atom. The second-order valence-corrected chi connectivity index (χ2v) is 9.62. The van der Waals surface area contributed by atoms with Gasteiger partial charge in [0.1, 0.15) is 11.7 Å². The highest BCUT2D eigenvalue weighted by Gasteiger charge is 2.48. The largest absolute Gasteiger partial charge is 0.339 e. The molecule has 182 valence electrons. The van der Waals surface area contributed by atoms with E-state index in [1.807, 2.05) is 26.0 Å². The molecule has 1 atom stereocenters. The summed E-state index contributed by atoms with van der Waals surface area (Å²) in [5.41, 5.74) is 4.60. The Morgan fingerprint density at radius 2 is 1.94 bits per heavy atom. The number of anilines is 1. The van der Waals surface area contributed by atoms with Gasteiger partial charge >= 0.3 is 0 Å². The molecule has 9 heteroatoms. The van der Waals surface area contributed by atoms with Crippen LogP contribution in [0, 0.1) is 31.6 Å². The van der Waals surface area contributed by atoms with Crippen LogP contribution in [0.15, 0.2) is 43.2 Å².